The summed E-state index contributed by atoms with van der Waals surface area (Å²) >= 11 is 0. The first-order valence-electron chi connectivity index (χ1n) is 12.4. The molecule has 7 heteroatoms. The van der Waals surface area contributed by atoms with E-state index >= 15 is 0 Å². The molecule has 2 aliphatic carbocycles. The first kappa shape index (κ1) is 23.3. The molecule has 0 spiro atoms. The molecule has 0 radical (unpaired) electrons. The lowest BCUT2D eigenvalue weighted by molar-refractivity contribution is 0.243. The zero-order chi connectivity index (χ0) is 23.4. The van der Waals surface area contributed by atoms with Crippen LogP contribution in [-0.4, -0.2) is 42.2 Å². The van der Waals surface area contributed by atoms with Crippen molar-refractivity contribution in [2.75, 3.05) is 29.6 Å². The van der Waals surface area contributed by atoms with Crippen molar-refractivity contribution in [2.45, 2.75) is 83.2 Å². The third-order valence-electron chi connectivity index (χ3n) is 6.81. The van der Waals surface area contributed by atoms with Gasteiger partial charge < -0.3 is 20.9 Å². The minimum Gasteiger partial charge on any atom is -0.362 e. The molecule has 0 bridgehead atoms. The van der Waals surface area contributed by atoms with Gasteiger partial charge in [-0.3, -0.25) is 0 Å². The van der Waals surface area contributed by atoms with Crippen LogP contribution in [0.1, 0.15) is 75.1 Å². The van der Waals surface area contributed by atoms with Gasteiger partial charge in [-0.15, -0.1) is 0 Å². The van der Waals surface area contributed by atoms with Crippen molar-refractivity contribution in [3.63, 3.8) is 0 Å². The van der Waals surface area contributed by atoms with Crippen LogP contribution < -0.4 is 20.9 Å². The number of carbonyl (C=O) groups is 1. The van der Waals surface area contributed by atoms with Crippen molar-refractivity contribution in [3.05, 3.63) is 41.1 Å². The van der Waals surface area contributed by atoms with E-state index in [-0.39, 0.29) is 12.1 Å². The zero-order valence-electron chi connectivity index (χ0n) is 20.4. The lowest BCUT2D eigenvalue weighted by Gasteiger charge is -2.30. The summed E-state index contributed by atoms with van der Waals surface area (Å²) in [4.78, 5) is 24.4. The molecule has 4 rings (SSSR count). The van der Waals surface area contributed by atoms with E-state index < -0.39 is 0 Å². The highest BCUT2D eigenvalue weighted by molar-refractivity contribution is 5.90. The molecular weight excluding hydrogens is 412 g/mol. The summed E-state index contributed by atoms with van der Waals surface area (Å²) in [7, 11) is 4.12. The lowest BCUT2D eigenvalue weighted by atomic mass is 9.91. The van der Waals surface area contributed by atoms with Crippen molar-refractivity contribution in [3.8, 4) is 0 Å². The highest BCUT2D eigenvalue weighted by Crippen LogP contribution is 2.29. The van der Waals surface area contributed by atoms with Crippen LogP contribution in [0, 0.1) is 0 Å². The van der Waals surface area contributed by atoms with Gasteiger partial charge in [0.2, 0.25) is 5.95 Å². The standard InChI is InChI=1S/C26H38N6O/c1-17(2)20-9-5-7-11-22(20)30-26(33)28-19-15-13-18(14-16-19)27-25-29-23-12-8-6-10-21(23)24(31-25)32(3)4/h5,7,9,11,17-19H,6,8,10,12-16H2,1-4H3,(H,27,29,31)(H2,28,30,33). The Hall–Kier alpha value is -2.83. The largest absolute Gasteiger partial charge is 0.362 e. The van der Waals surface area contributed by atoms with Gasteiger partial charge in [0.1, 0.15) is 5.82 Å². The van der Waals surface area contributed by atoms with Crippen LogP contribution in [0.4, 0.5) is 22.2 Å². The molecule has 1 aromatic heterocycles. The smallest absolute Gasteiger partial charge is 0.319 e. The second-order valence-electron chi connectivity index (χ2n) is 9.93. The molecule has 33 heavy (non-hydrogen) atoms. The zero-order valence-corrected chi connectivity index (χ0v) is 20.4. The lowest BCUT2D eigenvalue weighted by Crippen LogP contribution is -2.42. The minimum absolute atomic E-state index is 0.117. The van der Waals surface area contributed by atoms with Gasteiger partial charge in [-0.1, -0.05) is 32.0 Å². The maximum atomic E-state index is 12.6. The number of aromatic nitrogens is 2. The molecule has 0 atom stereocenters. The van der Waals surface area contributed by atoms with Crippen LogP contribution in [0.15, 0.2) is 24.3 Å². The number of urea groups is 1. The number of amides is 2. The Morgan fingerprint density at radius 2 is 1.70 bits per heavy atom. The molecule has 1 saturated carbocycles. The maximum Gasteiger partial charge on any atom is 0.319 e. The van der Waals surface area contributed by atoms with Crippen molar-refractivity contribution < 1.29 is 4.79 Å². The normalized spacial score (nSPS) is 20.2. The number of hydrogen-bond donors (Lipinski definition) is 3. The maximum absolute atomic E-state index is 12.6. The fourth-order valence-corrected chi connectivity index (χ4v) is 5.03. The summed E-state index contributed by atoms with van der Waals surface area (Å²) < 4.78 is 0. The number of aryl methyl sites for hydroxylation is 1. The number of carbonyl (C=O) groups excluding carboxylic acids is 1. The number of fused-ring (bicyclic) bond motifs is 1. The number of rotatable bonds is 6. The Bertz CT molecular complexity index is 965. The molecule has 7 nitrogen and oxygen atoms in total. The Balaban J connectivity index is 1.31. The predicted octanol–water partition coefficient (Wildman–Crippen LogP) is 5.09. The van der Waals surface area contributed by atoms with E-state index in [9.17, 15) is 4.79 Å². The Morgan fingerprint density at radius 3 is 2.42 bits per heavy atom. The van der Waals surface area contributed by atoms with Crippen LogP contribution in [0.3, 0.4) is 0 Å². The van der Waals surface area contributed by atoms with Crippen molar-refractivity contribution in [2.24, 2.45) is 0 Å². The van der Waals surface area contributed by atoms with E-state index in [0.29, 0.717) is 12.0 Å². The summed E-state index contributed by atoms with van der Waals surface area (Å²) in [6, 6.07) is 8.43. The SMILES string of the molecule is CC(C)c1ccccc1NC(=O)NC1CCC(Nc2nc3c(c(N(C)C)n2)CCCC3)CC1. The number of nitrogens with zero attached hydrogens (tertiary/aromatic N) is 3. The van der Waals surface area contributed by atoms with E-state index in [2.05, 4.69) is 54.9 Å². The van der Waals surface area contributed by atoms with Crippen LogP contribution in [0.25, 0.3) is 0 Å². The number of para-hydroxylation sites is 1. The van der Waals surface area contributed by atoms with Gasteiger partial charge in [0, 0.05) is 37.4 Å². The Kier molecular flexibility index (Phi) is 7.36. The number of nitrogens with one attached hydrogen (secondary N) is 3. The van der Waals surface area contributed by atoms with Crippen molar-refractivity contribution in [1.29, 1.82) is 0 Å². The molecule has 178 valence electrons. The molecule has 3 N–H and O–H groups in total. The summed E-state index contributed by atoms with van der Waals surface area (Å²) in [5, 5.41) is 9.80. The van der Waals surface area contributed by atoms with Crippen LogP contribution in [-0.2, 0) is 12.8 Å². The molecule has 2 amide bonds. The molecule has 0 saturated heterocycles. The van der Waals surface area contributed by atoms with Crippen LogP contribution in [0.5, 0.6) is 0 Å². The fourth-order valence-electron chi connectivity index (χ4n) is 5.03. The van der Waals surface area contributed by atoms with Gasteiger partial charge in [-0.2, -0.15) is 4.98 Å². The Labute approximate surface area is 197 Å². The molecule has 1 aromatic carbocycles. The highest BCUT2D eigenvalue weighted by atomic mass is 16.2. The molecular formula is C26H38N6O. The van der Waals surface area contributed by atoms with E-state index in [0.717, 1.165) is 61.5 Å². The summed E-state index contributed by atoms with van der Waals surface area (Å²) in [5.41, 5.74) is 4.57. The van der Waals surface area contributed by atoms with E-state index in [4.69, 9.17) is 9.97 Å². The molecule has 1 fully saturated rings. The van der Waals surface area contributed by atoms with Gasteiger partial charge in [0.25, 0.3) is 0 Å². The van der Waals surface area contributed by atoms with Crippen molar-refractivity contribution >= 4 is 23.5 Å². The van der Waals surface area contributed by atoms with Gasteiger partial charge in [0.05, 0.1) is 5.69 Å². The monoisotopic (exact) mass is 450 g/mol. The molecule has 2 aliphatic rings. The second kappa shape index (κ2) is 10.4. The number of anilines is 3. The number of benzene rings is 1. The van der Waals surface area contributed by atoms with Crippen molar-refractivity contribution in [1.82, 2.24) is 15.3 Å². The molecule has 2 aromatic rings. The van der Waals surface area contributed by atoms with Gasteiger partial charge in [-0.25, -0.2) is 9.78 Å². The summed E-state index contributed by atoms with van der Waals surface area (Å²) in [6.07, 6.45) is 8.42. The van der Waals surface area contributed by atoms with Gasteiger partial charge >= 0.3 is 6.03 Å². The van der Waals surface area contributed by atoms with Gasteiger partial charge in [-0.05, 0) is 68.9 Å². The average Bonchev–Trinajstić information content (AvgIpc) is 2.80. The molecule has 0 unspecified atom stereocenters. The first-order valence-corrected chi connectivity index (χ1v) is 12.4. The van der Waals surface area contributed by atoms with E-state index in [1.807, 2.05) is 18.2 Å². The van der Waals surface area contributed by atoms with Crippen LogP contribution in [0.2, 0.25) is 0 Å². The number of hydrogen-bond acceptors (Lipinski definition) is 5. The van der Waals surface area contributed by atoms with E-state index in [1.165, 1.54) is 24.1 Å². The van der Waals surface area contributed by atoms with E-state index in [1.54, 1.807) is 0 Å². The fraction of sp³-hybridized carbons (Fsp3) is 0.577. The first-order chi connectivity index (χ1) is 15.9. The quantitative estimate of drug-likeness (QED) is 0.571. The molecule has 1 heterocycles. The molecule has 0 aliphatic heterocycles. The minimum atomic E-state index is -0.117. The third-order valence-corrected chi connectivity index (χ3v) is 6.81. The summed E-state index contributed by atoms with van der Waals surface area (Å²) in [5.74, 6) is 2.16. The third kappa shape index (κ3) is 5.75. The van der Waals surface area contributed by atoms with Gasteiger partial charge in [0.15, 0.2) is 0 Å². The second-order valence-corrected chi connectivity index (χ2v) is 9.93. The average molecular weight is 451 g/mol. The predicted molar refractivity (Wildman–Crippen MR) is 135 cm³/mol. The highest BCUT2D eigenvalue weighted by Gasteiger charge is 2.25. The summed E-state index contributed by atoms with van der Waals surface area (Å²) in [6.45, 7) is 4.28. The topological polar surface area (TPSA) is 82.2 Å². The Morgan fingerprint density at radius 1 is 1.00 bits per heavy atom. The van der Waals surface area contributed by atoms with Crippen LogP contribution >= 0.6 is 0 Å².